The number of hydrogen-bond acceptors (Lipinski definition) is 0. The molecule has 2 aromatic carbocycles. The van der Waals surface area contributed by atoms with Crippen molar-refractivity contribution in [3.8, 4) is 0 Å². The minimum Gasteiger partial charge on any atom is -0.0585 e. The van der Waals surface area contributed by atoms with Crippen molar-refractivity contribution in [2.75, 3.05) is 0 Å². The highest BCUT2D eigenvalue weighted by Crippen LogP contribution is 2.15. The Morgan fingerprint density at radius 2 is 1.22 bits per heavy atom. The summed E-state index contributed by atoms with van der Waals surface area (Å²) in [6.45, 7) is 8.58. The summed E-state index contributed by atoms with van der Waals surface area (Å²) in [6, 6.07) is 13.2. The molecule has 0 nitrogen and oxygen atoms in total. The lowest BCUT2D eigenvalue weighted by molar-refractivity contribution is 1.33. The summed E-state index contributed by atoms with van der Waals surface area (Å²) in [7, 11) is 0. The molecule has 0 spiro atoms. The van der Waals surface area contributed by atoms with Crippen molar-refractivity contribution in [2.45, 2.75) is 27.7 Å². The van der Waals surface area contributed by atoms with Gasteiger partial charge in [0.05, 0.1) is 0 Å². The molecule has 0 radical (unpaired) electrons. The Balaban J connectivity index is 2.27. The highest BCUT2D eigenvalue weighted by Gasteiger charge is 1.94. The van der Waals surface area contributed by atoms with Gasteiger partial charge in [-0.25, -0.2) is 0 Å². The zero-order valence-corrected chi connectivity index (χ0v) is 11.6. The van der Waals surface area contributed by atoms with Crippen molar-refractivity contribution in [2.24, 2.45) is 0 Å². The van der Waals surface area contributed by atoms with Gasteiger partial charge < -0.3 is 0 Å². The van der Waals surface area contributed by atoms with Crippen LogP contribution in [0.25, 0.3) is 12.2 Å². The third-order valence-electron chi connectivity index (χ3n) is 3.24. The Bertz CT molecular complexity index is 569. The molecule has 2 rings (SSSR count). The van der Waals surface area contributed by atoms with Gasteiger partial charge in [0.25, 0.3) is 0 Å². The largest absolute Gasteiger partial charge is 0.0585 e. The predicted molar refractivity (Wildman–Crippen MR) is 80.8 cm³/mol. The van der Waals surface area contributed by atoms with Crippen molar-refractivity contribution in [1.29, 1.82) is 0 Å². The standard InChI is InChI=1S/C18H20/c1-13-9-14(2)11-18(10-13)8-7-17-6-5-15(3)16(4)12-17/h5-12H,1-4H3/b8-7+. The van der Waals surface area contributed by atoms with Crippen molar-refractivity contribution in [1.82, 2.24) is 0 Å². The zero-order chi connectivity index (χ0) is 13.1. The molecule has 0 N–H and O–H groups in total. The number of hydrogen-bond donors (Lipinski definition) is 0. The first kappa shape index (κ1) is 12.6. The van der Waals surface area contributed by atoms with Gasteiger partial charge in [-0.1, -0.05) is 59.7 Å². The van der Waals surface area contributed by atoms with Gasteiger partial charge >= 0.3 is 0 Å². The van der Waals surface area contributed by atoms with Crippen molar-refractivity contribution >= 4 is 12.2 Å². The van der Waals surface area contributed by atoms with Crippen LogP contribution in [0.15, 0.2) is 36.4 Å². The van der Waals surface area contributed by atoms with Crippen LogP contribution in [0, 0.1) is 27.7 Å². The number of aryl methyl sites for hydroxylation is 4. The molecule has 2 aromatic rings. The molecular weight excluding hydrogens is 216 g/mol. The minimum atomic E-state index is 1.26. The van der Waals surface area contributed by atoms with E-state index >= 15 is 0 Å². The molecule has 0 amide bonds. The van der Waals surface area contributed by atoms with Gasteiger partial charge in [0.2, 0.25) is 0 Å². The van der Waals surface area contributed by atoms with Crippen LogP contribution in [-0.2, 0) is 0 Å². The molecule has 0 unspecified atom stereocenters. The van der Waals surface area contributed by atoms with E-state index in [-0.39, 0.29) is 0 Å². The molecule has 0 heterocycles. The normalized spacial score (nSPS) is 11.1. The maximum absolute atomic E-state index is 2.23. The summed E-state index contributed by atoms with van der Waals surface area (Å²) in [5, 5.41) is 0. The maximum Gasteiger partial charge on any atom is -0.0251 e. The van der Waals surface area contributed by atoms with Crippen LogP contribution in [0.4, 0.5) is 0 Å². The summed E-state index contributed by atoms with van der Waals surface area (Å²) in [5.41, 5.74) is 7.85. The number of rotatable bonds is 2. The first-order chi connectivity index (χ1) is 8.54. The third-order valence-corrected chi connectivity index (χ3v) is 3.24. The predicted octanol–water partition coefficient (Wildman–Crippen LogP) is 5.09. The van der Waals surface area contributed by atoms with E-state index in [1.807, 2.05) is 0 Å². The molecule has 0 saturated carbocycles. The Labute approximate surface area is 110 Å². The maximum atomic E-state index is 2.23. The molecule has 0 bridgehead atoms. The molecule has 0 heteroatoms. The van der Waals surface area contributed by atoms with Gasteiger partial charge in [0.15, 0.2) is 0 Å². The lowest BCUT2D eigenvalue weighted by Gasteiger charge is -2.02. The molecule has 0 aliphatic rings. The van der Waals surface area contributed by atoms with Crippen LogP contribution in [0.2, 0.25) is 0 Å². The van der Waals surface area contributed by atoms with Gasteiger partial charge in [-0.15, -0.1) is 0 Å². The van der Waals surface area contributed by atoms with Crippen LogP contribution in [0.5, 0.6) is 0 Å². The van der Waals surface area contributed by atoms with Crippen LogP contribution in [0.1, 0.15) is 33.4 Å². The molecule has 0 atom stereocenters. The second-order valence-electron chi connectivity index (χ2n) is 5.10. The van der Waals surface area contributed by atoms with E-state index < -0.39 is 0 Å². The molecule has 0 saturated heterocycles. The highest BCUT2D eigenvalue weighted by molar-refractivity contribution is 5.70. The second-order valence-corrected chi connectivity index (χ2v) is 5.10. The van der Waals surface area contributed by atoms with E-state index in [4.69, 9.17) is 0 Å². The molecule has 0 aliphatic carbocycles. The smallest absolute Gasteiger partial charge is 0.0251 e. The van der Waals surface area contributed by atoms with E-state index in [9.17, 15) is 0 Å². The fourth-order valence-corrected chi connectivity index (χ4v) is 2.17. The van der Waals surface area contributed by atoms with E-state index in [1.54, 1.807) is 0 Å². The van der Waals surface area contributed by atoms with E-state index in [2.05, 4.69) is 76.2 Å². The number of benzene rings is 2. The van der Waals surface area contributed by atoms with Gasteiger partial charge in [-0.2, -0.15) is 0 Å². The van der Waals surface area contributed by atoms with Crippen molar-refractivity contribution in [3.63, 3.8) is 0 Å². The zero-order valence-electron chi connectivity index (χ0n) is 11.6. The van der Waals surface area contributed by atoms with E-state index in [1.165, 1.54) is 33.4 Å². The Morgan fingerprint density at radius 3 is 1.83 bits per heavy atom. The van der Waals surface area contributed by atoms with E-state index in [0.29, 0.717) is 0 Å². The average molecular weight is 236 g/mol. The van der Waals surface area contributed by atoms with Crippen molar-refractivity contribution in [3.05, 3.63) is 69.8 Å². The summed E-state index contributed by atoms with van der Waals surface area (Å²) in [6.07, 6.45) is 4.37. The average Bonchev–Trinajstić information content (AvgIpc) is 2.29. The van der Waals surface area contributed by atoms with Gasteiger partial charge in [-0.3, -0.25) is 0 Å². The van der Waals surface area contributed by atoms with Crippen LogP contribution in [0.3, 0.4) is 0 Å². The monoisotopic (exact) mass is 236 g/mol. The Morgan fingerprint density at radius 1 is 0.611 bits per heavy atom. The summed E-state index contributed by atoms with van der Waals surface area (Å²) in [4.78, 5) is 0. The summed E-state index contributed by atoms with van der Waals surface area (Å²) >= 11 is 0. The molecule has 18 heavy (non-hydrogen) atoms. The Kier molecular flexibility index (Phi) is 3.66. The third kappa shape index (κ3) is 3.10. The molecule has 0 aromatic heterocycles. The quantitative estimate of drug-likeness (QED) is 0.637. The molecule has 0 aliphatic heterocycles. The van der Waals surface area contributed by atoms with Crippen LogP contribution >= 0.6 is 0 Å². The fourth-order valence-electron chi connectivity index (χ4n) is 2.17. The van der Waals surface area contributed by atoms with Crippen molar-refractivity contribution < 1.29 is 0 Å². The van der Waals surface area contributed by atoms with Gasteiger partial charge in [0.1, 0.15) is 0 Å². The van der Waals surface area contributed by atoms with Crippen LogP contribution < -0.4 is 0 Å². The lowest BCUT2D eigenvalue weighted by atomic mass is 10.0. The van der Waals surface area contributed by atoms with E-state index in [0.717, 1.165) is 0 Å². The first-order valence-electron chi connectivity index (χ1n) is 6.38. The van der Waals surface area contributed by atoms with Crippen LogP contribution in [-0.4, -0.2) is 0 Å². The fraction of sp³-hybridized carbons (Fsp3) is 0.222. The first-order valence-corrected chi connectivity index (χ1v) is 6.38. The SMILES string of the molecule is Cc1cc(C)cc(/C=C/c2ccc(C)c(C)c2)c1. The minimum absolute atomic E-state index is 1.26. The topological polar surface area (TPSA) is 0 Å². The second kappa shape index (κ2) is 5.22. The Hall–Kier alpha value is -1.82. The molecular formula is C18H20. The molecule has 0 fully saturated rings. The highest BCUT2D eigenvalue weighted by atomic mass is 14.0. The summed E-state index contributed by atoms with van der Waals surface area (Å²) in [5.74, 6) is 0. The lowest BCUT2D eigenvalue weighted by Crippen LogP contribution is -1.82. The van der Waals surface area contributed by atoms with Gasteiger partial charge in [-0.05, 0) is 49.9 Å². The summed E-state index contributed by atoms with van der Waals surface area (Å²) < 4.78 is 0. The van der Waals surface area contributed by atoms with Gasteiger partial charge in [0, 0.05) is 0 Å². The molecule has 92 valence electrons.